The molecule has 6 nitrogen and oxygen atoms in total. The molecule has 0 fully saturated rings. The lowest BCUT2D eigenvalue weighted by molar-refractivity contribution is -0.384. The van der Waals surface area contributed by atoms with Crippen LogP contribution in [0.5, 0.6) is 0 Å². The minimum atomic E-state index is -0.431. The number of nitro groups is 1. The molecule has 3 aromatic rings. The van der Waals surface area contributed by atoms with Gasteiger partial charge in [-0.1, -0.05) is 0 Å². The molecule has 0 saturated heterocycles. The summed E-state index contributed by atoms with van der Waals surface area (Å²) in [7, 11) is 0. The van der Waals surface area contributed by atoms with Crippen molar-refractivity contribution in [2.45, 2.75) is 6.92 Å². The Kier molecular flexibility index (Phi) is 4.19. The number of thiazole rings is 1. The van der Waals surface area contributed by atoms with E-state index in [-0.39, 0.29) is 28.2 Å². The van der Waals surface area contributed by atoms with Gasteiger partial charge in [-0.3, -0.25) is 19.3 Å². The third-order valence-corrected chi connectivity index (χ3v) is 3.80. The van der Waals surface area contributed by atoms with Crippen molar-refractivity contribution in [3.05, 3.63) is 61.9 Å². The Bertz CT molecular complexity index is 870. The summed E-state index contributed by atoms with van der Waals surface area (Å²) in [5.41, 5.74) is 2.28. The highest BCUT2D eigenvalue weighted by molar-refractivity contribution is 7.15. The molecule has 0 atom stereocenters. The van der Waals surface area contributed by atoms with E-state index in [9.17, 15) is 14.9 Å². The first-order valence-corrected chi connectivity index (χ1v) is 6.67. The first kappa shape index (κ1) is 15.3. The normalized spacial score (nSPS) is 10.3. The fourth-order valence-electron chi connectivity index (χ4n) is 2.06. The van der Waals surface area contributed by atoms with E-state index in [1.165, 1.54) is 29.5 Å². The van der Waals surface area contributed by atoms with Crippen molar-refractivity contribution in [1.82, 2.24) is 9.38 Å². The highest BCUT2D eigenvalue weighted by Gasteiger charge is 2.11. The second-order valence-electron chi connectivity index (χ2n) is 4.28. The minimum Gasteiger partial charge on any atom is -1.00 e. The van der Waals surface area contributed by atoms with Crippen LogP contribution in [0.2, 0.25) is 0 Å². The van der Waals surface area contributed by atoms with E-state index >= 15 is 0 Å². The Morgan fingerprint density at radius 3 is 2.57 bits per heavy atom. The number of aryl methyl sites for hydroxylation is 1. The first-order valence-electron chi connectivity index (χ1n) is 5.79. The van der Waals surface area contributed by atoms with Crippen LogP contribution in [0.4, 0.5) is 5.69 Å². The lowest BCUT2D eigenvalue weighted by Gasteiger charge is -2.04. The number of halogens is 1. The second kappa shape index (κ2) is 5.74. The van der Waals surface area contributed by atoms with Crippen molar-refractivity contribution in [3.63, 3.8) is 0 Å². The van der Waals surface area contributed by atoms with Crippen LogP contribution in [-0.2, 0) is 0 Å². The highest BCUT2D eigenvalue weighted by atomic mass is 79.9. The third kappa shape index (κ3) is 2.72. The van der Waals surface area contributed by atoms with E-state index in [4.69, 9.17) is 0 Å². The fraction of sp³-hybridized carbons (Fsp3) is 0.0769. The Balaban J connectivity index is 0.00000161. The molecule has 3 rings (SSSR count). The molecule has 21 heavy (non-hydrogen) atoms. The second-order valence-corrected chi connectivity index (χ2v) is 5.12. The highest BCUT2D eigenvalue weighted by Crippen LogP contribution is 2.27. The maximum atomic E-state index is 11.4. The van der Waals surface area contributed by atoms with E-state index in [1.54, 1.807) is 12.1 Å². The van der Waals surface area contributed by atoms with Gasteiger partial charge in [0.25, 0.3) is 11.2 Å². The zero-order valence-corrected chi connectivity index (χ0v) is 13.2. The first-order chi connectivity index (χ1) is 9.56. The number of hydrogen-bond donors (Lipinski definition) is 0. The van der Waals surface area contributed by atoms with Crippen molar-refractivity contribution in [2.24, 2.45) is 0 Å². The SMILES string of the molecule is Cc1cc(=O)nc2scc(-c3ccc([N+](=O)[O-])cc3)n12.[Br-]. The van der Waals surface area contributed by atoms with Gasteiger partial charge in [0.1, 0.15) is 0 Å². The molecule has 0 aliphatic carbocycles. The minimum absolute atomic E-state index is 0. The smallest absolute Gasteiger partial charge is 0.274 e. The van der Waals surface area contributed by atoms with Gasteiger partial charge < -0.3 is 17.0 Å². The van der Waals surface area contributed by atoms with Crippen LogP contribution in [-0.4, -0.2) is 14.3 Å². The average molecular weight is 367 g/mol. The molecule has 0 saturated carbocycles. The molecule has 0 aliphatic heterocycles. The van der Waals surface area contributed by atoms with E-state index in [0.717, 1.165) is 17.0 Å². The number of nitrogens with zero attached hydrogens (tertiary/aromatic N) is 3. The maximum Gasteiger partial charge on any atom is 0.274 e. The number of nitro benzene ring substituents is 1. The van der Waals surface area contributed by atoms with E-state index in [1.807, 2.05) is 16.7 Å². The molecule has 0 unspecified atom stereocenters. The average Bonchev–Trinajstić information content (AvgIpc) is 2.82. The van der Waals surface area contributed by atoms with Crippen LogP contribution in [0.25, 0.3) is 16.2 Å². The number of aromatic nitrogens is 2. The third-order valence-electron chi connectivity index (χ3n) is 2.97. The molecular weight excluding hydrogens is 358 g/mol. The standard InChI is InChI=1S/C13H9N3O3S.BrH/c1-8-6-12(17)14-13-15(8)11(7-20-13)9-2-4-10(5-3-9)16(18)19;/h2-7H,1H3;1H/p-1. The topological polar surface area (TPSA) is 77.5 Å². The van der Waals surface area contributed by atoms with Crippen molar-refractivity contribution in [3.8, 4) is 11.3 Å². The maximum absolute atomic E-state index is 11.4. The summed E-state index contributed by atoms with van der Waals surface area (Å²) in [6.45, 7) is 1.83. The van der Waals surface area contributed by atoms with Crippen LogP contribution in [0.3, 0.4) is 0 Å². The molecule has 8 heteroatoms. The van der Waals surface area contributed by atoms with Gasteiger partial charge in [0.2, 0.25) is 0 Å². The molecule has 2 heterocycles. The molecule has 2 aromatic heterocycles. The Morgan fingerprint density at radius 2 is 1.95 bits per heavy atom. The molecule has 0 aliphatic rings. The van der Waals surface area contributed by atoms with Gasteiger partial charge in [0.15, 0.2) is 4.96 Å². The van der Waals surface area contributed by atoms with Crippen LogP contribution >= 0.6 is 11.3 Å². The molecular formula is C13H9BrN3O3S-. The molecule has 0 radical (unpaired) electrons. The lowest BCUT2D eigenvalue weighted by atomic mass is 10.1. The molecule has 0 N–H and O–H groups in total. The van der Waals surface area contributed by atoms with Crippen molar-refractivity contribution in [2.75, 3.05) is 0 Å². The van der Waals surface area contributed by atoms with Gasteiger partial charge in [-0.15, -0.1) is 11.3 Å². The number of fused-ring (bicyclic) bond motifs is 1. The fourth-order valence-corrected chi connectivity index (χ4v) is 3.00. The van der Waals surface area contributed by atoms with E-state index < -0.39 is 4.92 Å². The van der Waals surface area contributed by atoms with Gasteiger partial charge in [0.05, 0.1) is 10.6 Å². The van der Waals surface area contributed by atoms with Gasteiger partial charge in [-0.25, -0.2) is 0 Å². The van der Waals surface area contributed by atoms with Gasteiger partial charge in [0, 0.05) is 29.3 Å². The Morgan fingerprint density at radius 1 is 1.29 bits per heavy atom. The van der Waals surface area contributed by atoms with Crippen LogP contribution in [0, 0.1) is 17.0 Å². The van der Waals surface area contributed by atoms with Crippen molar-refractivity contribution >= 4 is 22.0 Å². The summed E-state index contributed by atoms with van der Waals surface area (Å²) < 4.78 is 1.87. The Hall–Kier alpha value is -2.06. The Labute approximate surface area is 133 Å². The van der Waals surface area contributed by atoms with Gasteiger partial charge in [-0.05, 0) is 24.6 Å². The number of hydrogen-bond acceptors (Lipinski definition) is 5. The van der Waals surface area contributed by atoms with E-state index in [2.05, 4.69) is 4.98 Å². The summed E-state index contributed by atoms with van der Waals surface area (Å²) in [6, 6.07) is 7.78. The largest absolute Gasteiger partial charge is 1.00 e. The summed E-state index contributed by atoms with van der Waals surface area (Å²) >= 11 is 1.37. The molecule has 0 amide bonds. The lowest BCUT2D eigenvalue weighted by Crippen LogP contribution is -3.00. The molecule has 0 spiro atoms. The monoisotopic (exact) mass is 366 g/mol. The summed E-state index contributed by atoms with van der Waals surface area (Å²) in [4.78, 5) is 26.2. The summed E-state index contributed by atoms with van der Waals surface area (Å²) in [5, 5.41) is 12.5. The predicted octanol–water partition coefficient (Wildman–Crippen LogP) is -0.356. The number of non-ortho nitro benzene ring substituents is 1. The summed E-state index contributed by atoms with van der Waals surface area (Å²) in [6.07, 6.45) is 0. The van der Waals surface area contributed by atoms with Crippen LogP contribution < -0.4 is 22.5 Å². The van der Waals surface area contributed by atoms with E-state index in [0.29, 0.717) is 4.96 Å². The van der Waals surface area contributed by atoms with Crippen molar-refractivity contribution in [1.29, 1.82) is 0 Å². The zero-order valence-electron chi connectivity index (χ0n) is 10.8. The van der Waals surface area contributed by atoms with Gasteiger partial charge >= 0.3 is 0 Å². The van der Waals surface area contributed by atoms with Crippen molar-refractivity contribution < 1.29 is 21.9 Å². The zero-order chi connectivity index (χ0) is 14.3. The molecule has 108 valence electrons. The summed E-state index contributed by atoms with van der Waals surface area (Å²) in [5.74, 6) is 0. The number of benzene rings is 1. The van der Waals surface area contributed by atoms with Crippen LogP contribution in [0.15, 0.2) is 40.5 Å². The quantitative estimate of drug-likeness (QED) is 0.458. The molecule has 0 bridgehead atoms. The molecule has 1 aromatic carbocycles. The number of rotatable bonds is 2. The van der Waals surface area contributed by atoms with Crippen LogP contribution in [0.1, 0.15) is 5.69 Å². The van der Waals surface area contributed by atoms with Gasteiger partial charge in [-0.2, -0.15) is 4.98 Å². The predicted molar refractivity (Wildman–Crippen MR) is 76.2 cm³/mol.